The van der Waals surface area contributed by atoms with Crippen molar-refractivity contribution < 1.29 is 9.59 Å². The van der Waals surface area contributed by atoms with E-state index in [9.17, 15) is 14.4 Å². The number of ketones is 1. The van der Waals surface area contributed by atoms with E-state index in [-0.39, 0.29) is 24.2 Å². The maximum Gasteiger partial charge on any atom is 0.347 e. The summed E-state index contributed by atoms with van der Waals surface area (Å²) in [7, 11) is 0. The lowest BCUT2D eigenvalue weighted by Gasteiger charge is -2.32. The second-order valence-electron chi connectivity index (χ2n) is 6.27. The highest BCUT2D eigenvalue weighted by Crippen LogP contribution is 2.26. The van der Waals surface area contributed by atoms with Gasteiger partial charge in [-0.15, -0.1) is 11.8 Å². The van der Waals surface area contributed by atoms with Crippen LogP contribution in [0, 0.1) is 5.92 Å². The van der Waals surface area contributed by atoms with E-state index in [0.29, 0.717) is 13.1 Å². The smallest absolute Gasteiger partial charge is 0.340 e. The van der Waals surface area contributed by atoms with Crippen molar-refractivity contribution in [2.75, 3.05) is 19.3 Å². The molecule has 26 heavy (non-hydrogen) atoms. The monoisotopic (exact) mass is 371 g/mol. The van der Waals surface area contributed by atoms with Crippen LogP contribution < -0.4 is 5.69 Å². The topological polar surface area (TPSA) is 72.3 Å². The molecule has 3 rings (SSSR count). The Morgan fingerprint density at radius 2 is 2.08 bits per heavy atom. The van der Waals surface area contributed by atoms with Gasteiger partial charge in [0.2, 0.25) is 5.91 Å². The van der Waals surface area contributed by atoms with Gasteiger partial charge >= 0.3 is 5.69 Å². The van der Waals surface area contributed by atoms with Gasteiger partial charge in [-0.05, 0) is 31.2 Å². The van der Waals surface area contributed by atoms with Crippen molar-refractivity contribution in [1.29, 1.82) is 0 Å². The van der Waals surface area contributed by atoms with E-state index in [1.807, 2.05) is 30.5 Å². The summed E-state index contributed by atoms with van der Waals surface area (Å²) in [6.07, 6.45) is 6.47. The van der Waals surface area contributed by atoms with Gasteiger partial charge in [0.05, 0.1) is 0 Å². The quantitative estimate of drug-likeness (QED) is 0.594. The summed E-state index contributed by atoms with van der Waals surface area (Å²) in [5.74, 6) is -0.270. The SMILES string of the molecule is CSc1ccccc1C(=O)[C@@H]1CCCN(C(=O)Cn2cccnc2=O)C1. The number of benzene rings is 1. The lowest BCUT2D eigenvalue weighted by molar-refractivity contribution is -0.133. The van der Waals surface area contributed by atoms with Crippen LogP contribution in [0.5, 0.6) is 0 Å². The zero-order valence-corrected chi connectivity index (χ0v) is 15.4. The first-order valence-corrected chi connectivity index (χ1v) is 9.79. The van der Waals surface area contributed by atoms with Gasteiger partial charge in [-0.25, -0.2) is 9.78 Å². The van der Waals surface area contributed by atoms with Crippen molar-refractivity contribution in [3.8, 4) is 0 Å². The van der Waals surface area contributed by atoms with Crippen LogP contribution in [0.3, 0.4) is 0 Å². The fourth-order valence-corrected chi connectivity index (χ4v) is 3.84. The number of likely N-dealkylation sites (tertiary alicyclic amines) is 1. The number of rotatable bonds is 5. The second kappa shape index (κ2) is 8.31. The number of aromatic nitrogens is 2. The zero-order chi connectivity index (χ0) is 18.5. The molecule has 2 heterocycles. The third-order valence-electron chi connectivity index (χ3n) is 4.61. The van der Waals surface area contributed by atoms with Gasteiger partial charge in [0.1, 0.15) is 6.54 Å². The molecule has 1 aromatic carbocycles. The Balaban J connectivity index is 1.71. The number of thioether (sulfide) groups is 1. The average molecular weight is 371 g/mol. The molecular weight excluding hydrogens is 350 g/mol. The van der Waals surface area contributed by atoms with E-state index in [0.717, 1.165) is 23.3 Å². The van der Waals surface area contributed by atoms with Crippen LogP contribution in [0.15, 0.2) is 52.4 Å². The molecule has 1 aliphatic heterocycles. The molecule has 6 nitrogen and oxygen atoms in total. The molecule has 0 aliphatic carbocycles. The number of Topliss-reactive ketones (excluding diaryl/α,β-unsaturated/α-hetero) is 1. The van der Waals surface area contributed by atoms with Gasteiger partial charge in [0, 0.05) is 41.9 Å². The molecule has 136 valence electrons. The van der Waals surface area contributed by atoms with Crippen LogP contribution in [0.2, 0.25) is 0 Å². The van der Waals surface area contributed by atoms with Gasteiger partial charge in [-0.2, -0.15) is 0 Å². The molecule has 0 saturated carbocycles. The fourth-order valence-electron chi connectivity index (χ4n) is 3.24. The first-order chi connectivity index (χ1) is 12.6. The lowest BCUT2D eigenvalue weighted by Crippen LogP contribution is -2.44. The van der Waals surface area contributed by atoms with Gasteiger partial charge in [0.15, 0.2) is 5.78 Å². The Morgan fingerprint density at radius 1 is 1.27 bits per heavy atom. The molecule has 0 bridgehead atoms. The first kappa shape index (κ1) is 18.4. The van der Waals surface area contributed by atoms with Gasteiger partial charge in [0.25, 0.3) is 0 Å². The van der Waals surface area contributed by atoms with Crippen molar-refractivity contribution in [3.05, 3.63) is 58.8 Å². The third-order valence-corrected chi connectivity index (χ3v) is 5.40. The third kappa shape index (κ3) is 4.04. The van der Waals surface area contributed by atoms with Crippen LogP contribution in [0.4, 0.5) is 0 Å². The fraction of sp³-hybridized carbons (Fsp3) is 0.368. The second-order valence-corrected chi connectivity index (χ2v) is 7.12. The van der Waals surface area contributed by atoms with Crippen molar-refractivity contribution >= 4 is 23.5 Å². The molecule has 1 amide bonds. The van der Waals surface area contributed by atoms with E-state index in [2.05, 4.69) is 4.98 Å². The van der Waals surface area contributed by atoms with Gasteiger partial charge < -0.3 is 4.90 Å². The molecular formula is C19H21N3O3S. The first-order valence-electron chi connectivity index (χ1n) is 8.56. The Bertz CT molecular complexity index is 865. The highest BCUT2D eigenvalue weighted by molar-refractivity contribution is 7.98. The highest BCUT2D eigenvalue weighted by atomic mass is 32.2. The minimum atomic E-state index is -0.445. The maximum atomic E-state index is 12.9. The molecule has 1 fully saturated rings. The Labute approximate surface area is 156 Å². The minimum absolute atomic E-state index is 0.0466. The molecule has 0 radical (unpaired) electrons. The predicted molar refractivity (Wildman–Crippen MR) is 100 cm³/mol. The largest absolute Gasteiger partial charge is 0.347 e. The van der Waals surface area contributed by atoms with E-state index in [1.165, 1.54) is 10.8 Å². The molecule has 1 aliphatic rings. The summed E-state index contributed by atoms with van der Waals surface area (Å²) in [4.78, 5) is 43.5. The van der Waals surface area contributed by atoms with Gasteiger partial charge in [-0.3, -0.25) is 14.2 Å². The highest BCUT2D eigenvalue weighted by Gasteiger charge is 2.30. The standard InChI is InChI=1S/C19H21N3O3S/c1-26-16-8-3-2-7-15(16)18(24)14-6-4-10-21(12-14)17(23)13-22-11-5-9-20-19(22)25/h2-3,5,7-9,11,14H,4,6,10,12-13H2,1H3/t14-/m1/s1. The van der Waals surface area contributed by atoms with Crippen molar-refractivity contribution in [3.63, 3.8) is 0 Å². The molecule has 0 unspecified atom stereocenters. The van der Waals surface area contributed by atoms with Crippen LogP contribution in [0.1, 0.15) is 23.2 Å². The van der Waals surface area contributed by atoms with Crippen molar-refractivity contribution in [2.45, 2.75) is 24.3 Å². The summed E-state index contributed by atoms with van der Waals surface area (Å²) in [6.45, 7) is 0.964. The molecule has 1 aromatic heterocycles. The number of hydrogen-bond donors (Lipinski definition) is 0. The molecule has 1 atom stereocenters. The Morgan fingerprint density at radius 3 is 2.85 bits per heavy atom. The number of amides is 1. The number of hydrogen-bond acceptors (Lipinski definition) is 5. The lowest BCUT2D eigenvalue weighted by atomic mass is 9.90. The number of carbonyl (C=O) groups is 2. The molecule has 0 spiro atoms. The molecule has 2 aromatic rings. The van der Waals surface area contributed by atoms with Crippen molar-refractivity contribution in [2.24, 2.45) is 5.92 Å². The van der Waals surface area contributed by atoms with E-state index in [1.54, 1.807) is 28.9 Å². The number of carbonyl (C=O) groups excluding carboxylic acids is 2. The summed E-state index contributed by atoms with van der Waals surface area (Å²) in [6, 6.07) is 9.21. The van der Waals surface area contributed by atoms with Crippen LogP contribution >= 0.6 is 11.8 Å². The predicted octanol–water partition coefficient (Wildman–Crippen LogP) is 2.09. The summed E-state index contributed by atoms with van der Waals surface area (Å²) in [5, 5.41) is 0. The average Bonchev–Trinajstić information content (AvgIpc) is 2.69. The summed E-state index contributed by atoms with van der Waals surface area (Å²) >= 11 is 1.55. The normalized spacial score (nSPS) is 17.1. The molecule has 0 N–H and O–H groups in total. The van der Waals surface area contributed by atoms with Crippen LogP contribution in [-0.4, -0.2) is 45.5 Å². The molecule has 1 saturated heterocycles. The Hall–Kier alpha value is -2.41. The summed E-state index contributed by atoms with van der Waals surface area (Å²) in [5.41, 5.74) is 0.280. The van der Waals surface area contributed by atoms with Crippen LogP contribution in [0.25, 0.3) is 0 Å². The van der Waals surface area contributed by atoms with Gasteiger partial charge in [-0.1, -0.05) is 18.2 Å². The van der Waals surface area contributed by atoms with Crippen LogP contribution in [-0.2, 0) is 11.3 Å². The van der Waals surface area contributed by atoms with E-state index in [4.69, 9.17) is 0 Å². The van der Waals surface area contributed by atoms with E-state index < -0.39 is 5.69 Å². The van der Waals surface area contributed by atoms with E-state index >= 15 is 0 Å². The minimum Gasteiger partial charge on any atom is -0.340 e. The van der Waals surface area contributed by atoms with Crippen molar-refractivity contribution in [1.82, 2.24) is 14.5 Å². The summed E-state index contributed by atoms with van der Waals surface area (Å²) < 4.78 is 1.29. The zero-order valence-electron chi connectivity index (χ0n) is 14.6. The maximum absolute atomic E-state index is 12.9. The molecule has 7 heteroatoms. The number of piperidine rings is 1. The number of nitrogens with zero attached hydrogens (tertiary/aromatic N) is 3. The Kier molecular flexibility index (Phi) is 5.88.